The zero-order chi connectivity index (χ0) is 8.97. The van der Waals surface area contributed by atoms with E-state index in [9.17, 15) is 4.79 Å². The van der Waals surface area contributed by atoms with Crippen molar-refractivity contribution < 1.29 is 13.9 Å². The van der Waals surface area contributed by atoms with E-state index in [2.05, 4.69) is 10.1 Å². The molecule has 0 spiro atoms. The molecule has 1 aromatic rings. The van der Waals surface area contributed by atoms with Crippen LogP contribution in [-0.2, 0) is 11.3 Å². The molecule has 1 heterocycles. The minimum absolute atomic E-state index is 0.270. The van der Waals surface area contributed by atoms with Gasteiger partial charge in [-0.25, -0.2) is 4.79 Å². The van der Waals surface area contributed by atoms with E-state index < -0.39 is 5.97 Å². The first-order valence-electron chi connectivity index (χ1n) is 3.59. The second kappa shape index (κ2) is 3.92. The molecule has 0 saturated heterocycles. The first-order valence-corrected chi connectivity index (χ1v) is 3.59. The monoisotopic (exact) mass is 169 g/mol. The smallest absolute Gasteiger partial charge is 0.374 e. The summed E-state index contributed by atoms with van der Waals surface area (Å²) in [4.78, 5) is 11.0. The van der Waals surface area contributed by atoms with Crippen molar-refractivity contribution >= 4 is 5.97 Å². The lowest BCUT2D eigenvalue weighted by atomic mass is 10.2. The Morgan fingerprint density at radius 1 is 1.75 bits per heavy atom. The average Bonchev–Trinajstić information content (AvgIpc) is 2.52. The van der Waals surface area contributed by atoms with Gasteiger partial charge in [-0.2, -0.15) is 0 Å². The molecular weight excluding hydrogens is 158 g/mol. The van der Waals surface area contributed by atoms with Crippen LogP contribution in [0.2, 0.25) is 0 Å². The van der Waals surface area contributed by atoms with Crippen molar-refractivity contribution in [3.63, 3.8) is 0 Å². The van der Waals surface area contributed by atoms with E-state index in [1.165, 1.54) is 13.4 Å². The Balaban J connectivity index is 2.83. The van der Waals surface area contributed by atoms with Gasteiger partial charge in [-0.15, -0.1) is 0 Å². The molecule has 0 aliphatic carbocycles. The maximum Gasteiger partial charge on any atom is 0.374 e. The normalized spacial score (nSPS) is 9.83. The van der Waals surface area contributed by atoms with Gasteiger partial charge in [0.15, 0.2) is 0 Å². The summed E-state index contributed by atoms with van der Waals surface area (Å²) in [6, 6.07) is 1.74. The van der Waals surface area contributed by atoms with Crippen LogP contribution < -0.4 is 5.32 Å². The van der Waals surface area contributed by atoms with Gasteiger partial charge in [0.1, 0.15) is 0 Å². The Hall–Kier alpha value is -1.29. The van der Waals surface area contributed by atoms with Crippen LogP contribution in [0, 0.1) is 0 Å². The van der Waals surface area contributed by atoms with E-state index in [1.807, 2.05) is 0 Å². The van der Waals surface area contributed by atoms with Crippen molar-refractivity contribution in [3.05, 3.63) is 23.7 Å². The number of carbonyl (C=O) groups excluding carboxylic acids is 1. The van der Waals surface area contributed by atoms with E-state index in [4.69, 9.17) is 4.42 Å². The van der Waals surface area contributed by atoms with Gasteiger partial charge in [-0.1, -0.05) is 0 Å². The first-order chi connectivity index (χ1) is 5.79. The molecule has 0 atom stereocenters. The van der Waals surface area contributed by atoms with Crippen molar-refractivity contribution in [2.45, 2.75) is 6.54 Å². The van der Waals surface area contributed by atoms with Gasteiger partial charge < -0.3 is 14.5 Å². The van der Waals surface area contributed by atoms with Crippen LogP contribution in [0.15, 0.2) is 16.7 Å². The lowest BCUT2D eigenvalue weighted by Crippen LogP contribution is -2.09. The molecule has 0 aromatic carbocycles. The standard InChI is InChI=1S/C8H11NO3/c1-9-5-6-3-4-12-7(6)8(10)11-2/h3-4,9H,5H2,1-2H3. The predicted octanol–water partition coefficient (Wildman–Crippen LogP) is 0.786. The molecule has 4 nitrogen and oxygen atoms in total. The number of esters is 1. The van der Waals surface area contributed by atoms with E-state index in [0.29, 0.717) is 6.54 Å². The summed E-state index contributed by atoms with van der Waals surface area (Å²) in [5.74, 6) is -0.169. The molecule has 0 aliphatic rings. The second-order valence-electron chi connectivity index (χ2n) is 2.30. The fourth-order valence-electron chi connectivity index (χ4n) is 0.937. The zero-order valence-corrected chi connectivity index (χ0v) is 7.09. The lowest BCUT2D eigenvalue weighted by Gasteiger charge is -1.98. The fraction of sp³-hybridized carbons (Fsp3) is 0.375. The summed E-state index contributed by atoms with van der Waals surface area (Å²) in [7, 11) is 3.13. The number of furan rings is 1. The summed E-state index contributed by atoms with van der Waals surface area (Å²) in [5.41, 5.74) is 0.810. The number of ether oxygens (including phenoxy) is 1. The molecule has 66 valence electrons. The zero-order valence-electron chi connectivity index (χ0n) is 7.09. The van der Waals surface area contributed by atoms with Gasteiger partial charge in [0.05, 0.1) is 13.4 Å². The lowest BCUT2D eigenvalue weighted by molar-refractivity contribution is 0.0563. The molecule has 0 radical (unpaired) electrons. The van der Waals surface area contributed by atoms with Gasteiger partial charge in [0, 0.05) is 12.1 Å². The second-order valence-corrected chi connectivity index (χ2v) is 2.30. The van der Waals surface area contributed by atoms with Crippen molar-refractivity contribution in [2.24, 2.45) is 0 Å². The predicted molar refractivity (Wildman–Crippen MR) is 42.8 cm³/mol. The molecule has 0 unspecified atom stereocenters. The van der Waals surface area contributed by atoms with Gasteiger partial charge in [0.2, 0.25) is 5.76 Å². The number of methoxy groups -OCH3 is 1. The van der Waals surface area contributed by atoms with E-state index in [1.54, 1.807) is 13.1 Å². The molecule has 12 heavy (non-hydrogen) atoms. The highest BCUT2D eigenvalue weighted by Gasteiger charge is 2.14. The minimum atomic E-state index is -0.440. The molecule has 0 aliphatic heterocycles. The highest BCUT2D eigenvalue weighted by molar-refractivity contribution is 5.87. The Labute approximate surface area is 70.5 Å². The van der Waals surface area contributed by atoms with E-state index in [-0.39, 0.29) is 5.76 Å². The third-order valence-electron chi connectivity index (χ3n) is 1.48. The van der Waals surface area contributed by atoms with Crippen molar-refractivity contribution in [1.82, 2.24) is 5.32 Å². The van der Waals surface area contributed by atoms with Crippen LogP contribution in [0.1, 0.15) is 16.1 Å². The van der Waals surface area contributed by atoms with Crippen molar-refractivity contribution in [1.29, 1.82) is 0 Å². The maximum atomic E-state index is 11.0. The van der Waals surface area contributed by atoms with Crippen molar-refractivity contribution in [2.75, 3.05) is 14.2 Å². The third-order valence-corrected chi connectivity index (χ3v) is 1.48. The number of carbonyl (C=O) groups is 1. The quantitative estimate of drug-likeness (QED) is 0.679. The average molecular weight is 169 g/mol. The number of hydrogen-bond acceptors (Lipinski definition) is 4. The number of hydrogen-bond donors (Lipinski definition) is 1. The van der Waals surface area contributed by atoms with Crippen LogP contribution in [0.4, 0.5) is 0 Å². The summed E-state index contributed by atoms with van der Waals surface area (Å²) < 4.78 is 9.48. The Morgan fingerprint density at radius 3 is 3.08 bits per heavy atom. The SMILES string of the molecule is CNCc1ccoc1C(=O)OC. The van der Waals surface area contributed by atoms with Gasteiger partial charge >= 0.3 is 5.97 Å². The van der Waals surface area contributed by atoms with E-state index in [0.717, 1.165) is 5.56 Å². The largest absolute Gasteiger partial charge is 0.463 e. The van der Waals surface area contributed by atoms with Gasteiger partial charge in [-0.05, 0) is 13.1 Å². The molecule has 4 heteroatoms. The van der Waals surface area contributed by atoms with Crippen LogP contribution in [0.25, 0.3) is 0 Å². The Bertz CT molecular complexity index is 267. The summed E-state index contributed by atoms with van der Waals surface area (Å²) in [5, 5.41) is 2.92. The molecule has 1 rings (SSSR count). The summed E-state index contributed by atoms with van der Waals surface area (Å²) in [6.45, 7) is 0.598. The van der Waals surface area contributed by atoms with Gasteiger partial charge in [0.25, 0.3) is 0 Å². The summed E-state index contributed by atoms with van der Waals surface area (Å²) in [6.07, 6.45) is 1.47. The van der Waals surface area contributed by atoms with Crippen LogP contribution in [0.3, 0.4) is 0 Å². The first kappa shape index (κ1) is 8.80. The minimum Gasteiger partial charge on any atom is -0.463 e. The van der Waals surface area contributed by atoms with Crippen molar-refractivity contribution in [3.8, 4) is 0 Å². The molecule has 1 N–H and O–H groups in total. The number of rotatable bonds is 3. The molecule has 1 aromatic heterocycles. The maximum absolute atomic E-state index is 11.0. The van der Waals surface area contributed by atoms with E-state index >= 15 is 0 Å². The van der Waals surface area contributed by atoms with Crippen LogP contribution in [0.5, 0.6) is 0 Å². The highest BCUT2D eigenvalue weighted by atomic mass is 16.5. The number of nitrogens with one attached hydrogen (secondary N) is 1. The van der Waals surface area contributed by atoms with Crippen LogP contribution >= 0.6 is 0 Å². The topological polar surface area (TPSA) is 51.5 Å². The molecule has 0 saturated carbocycles. The Morgan fingerprint density at radius 2 is 2.50 bits per heavy atom. The Kier molecular flexibility index (Phi) is 2.88. The fourth-order valence-corrected chi connectivity index (χ4v) is 0.937. The summed E-state index contributed by atoms with van der Waals surface area (Å²) >= 11 is 0. The molecule has 0 bridgehead atoms. The molecule has 0 fully saturated rings. The molecule has 0 amide bonds. The van der Waals surface area contributed by atoms with Crippen LogP contribution in [-0.4, -0.2) is 20.1 Å². The van der Waals surface area contributed by atoms with Gasteiger partial charge in [-0.3, -0.25) is 0 Å². The third kappa shape index (κ3) is 1.65. The molecular formula is C8H11NO3. The highest BCUT2D eigenvalue weighted by Crippen LogP contribution is 2.10.